The summed E-state index contributed by atoms with van der Waals surface area (Å²) in [6.07, 6.45) is 10.3. The van der Waals surface area contributed by atoms with Crippen LogP contribution in [-0.4, -0.2) is 45.3 Å². The number of benzene rings is 1. The molecule has 0 fully saturated rings. The molecule has 3 aromatic heterocycles. The van der Waals surface area contributed by atoms with Gasteiger partial charge in [-0.3, -0.25) is 4.79 Å². The normalized spacial score (nSPS) is 11.3. The van der Waals surface area contributed by atoms with E-state index in [4.69, 9.17) is 11.6 Å². The van der Waals surface area contributed by atoms with Gasteiger partial charge in [0.1, 0.15) is 6.33 Å². The van der Waals surface area contributed by atoms with Crippen LogP contribution in [0.15, 0.2) is 72.5 Å². The van der Waals surface area contributed by atoms with E-state index in [-0.39, 0.29) is 21.2 Å². The minimum absolute atomic E-state index is 0.00852. The SMILES string of the molecule is CS(=O)(=O)c1cc(Cl)cc(NC(=O)c2cnn(-c3ncccc3-c3cncnc3)c2)c1. The van der Waals surface area contributed by atoms with Gasteiger partial charge in [0.15, 0.2) is 15.7 Å². The largest absolute Gasteiger partial charge is 0.322 e. The monoisotopic (exact) mass is 454 g/mol. The standard InChI is InChI=1S/C20H15ClN6O3S/c1-31(29,30)17-6-15(21)5-16(7-17)26-20(28)14-10-25-27(11-14)19-18(3-2-4-24-19)13-8-22-12-23-9-13/h2-12H,1H3,(H,26,28). The number of nitrogens with zero attached hydrogens (tertiary/aromatic N) is 5. The number of aromatic nitrogens is 5. The van der Waals surface area contributed by atoms with Gasteiger partial charge in [0, 0.05) is 52.9 Å². The minimum Gasteiger partial charge on any atom is -0.322 e. The fourth-order valence-electron chi connectivity index (χ4n) is 2.85. The Labute approximate surface area is 182 Å². The summed E-state index contributed by atoms with van der Waals surface area (Å²) < 4.78 is 25.1. The van der Waals surface area contributed by atoms with E-state index in [1.807, 2.05) is 6.07 Å². The summed E-state index contributed by atoms with van der Waals surface area (Å²) in [6, 6.07) is 7.75. The predicted octanol–water partition coefficient (Wildman–Crippen LogP) is 3.03. The Morgan fingerprint density at radius 1 is 1.13 bits per heavy atom. The third-order valence-electron chi connectivity index (χ3n) is 4.28. The van der Waals surface area contributed by atoms with Crippen molar-refractivity contribution < 1.29 is 13.2 Å². The second kappa shape index (κ2) is 8.25. The first-order valence-corrected chi connectivity index (χ1v) is 11.2. The summed E-state index contributed by atoms with van der Waals surface area (Å²) in [5, 5.41) is 7.07. The lowest BCUT2D eigenvalue weighted by Crippen LogP contribution is -2.12. The summed E-state index contributed by atoms with van der Waals surface area (Å²) in [5.74, 6) is 0.0203. The third-order valence-corrected chi connectivity index (χ3v) is 5.59. The molecular formula is C20H15ClN6O3S. The second-order valence-corrected chi connectivity index (χ2v) is 9.03. The summed E-state index contributed by atoms with van der Waals surface area (Å²) in [5.41, 5.74) is 2.00. The lowest BCUT2D eigenvalue weighted by Gasteiger charge is -2.08. The molecule has 0 radical (unpaired) electrons. The van der Waals surface area contributed by atoms with E-state index in [0.29, 0.717) is 5.82 Å². The highest BCUT2D eigenvalue weighted by Gasteiger charge is 2.15. The molecule has 0 unspecified atom stereocenters. The van der Waals surface area contributed by atoms with Crippen LogP contribution in [0.4, 0.5) is 5.69 Å². The van der Waals surface area contributed by atoms with Crippen LogP contribution in [0.1, 0.15) is 10.4 Å². The van der Waals surface area contributed by atoms with Gasteiger partial charge in [0.2, 0.25) is 0 Å². The number of amides is 1. The fraction of sp³-hybridized carbons (Fsp3) is 0.0500. The lowest BCUT2D eigenvalue weighted by molar-refractivity contribution is 0.102. The van der Waals surface area contributed by atoms with E-state index in [0.717, 1.165) is 17.4 Å². The first-order valence-electron chi connectivity index (χ1n) is 8.89. The average Bonchev–Trinajstić information content (AvgIpc) is 3.24. The molecule has 3 heterocycles. The second-order valence-electron chi connectivity index (χ2n) is 6.58. The molecule has 0 atom stereocenters. The maximum absolute atomic E-state index is 12.7. The lowest BCUT2D eigenvalue weighted by atomic mass is 10.1. The van der Waals surface area contributed by atoms with Crippen molar-refractivity contribution in [3.05, 3.63) is 78.2 Å². The van der Waals surface area contributed by atoms with Crippen LogP contribution in [0.25, 0.3) is 16.9 Å². The van der Waals surface area contributed by atoms with Crippen LogP contribution >= 0.6 is 11.6 Å². The fourth-order valence-corrected chi connectivity index (χ4v) is 3.83. The molecule has 1 aromatic carbocycles. The van der Waals surface area contributed by atoms with Crippen LogP contribution in [0.3, 0.4) is 0 Å². The number of halogens is 1. The van der Waals surface area contributed by atoms with Gasteiger partial charge in [0.25, 0.3) is 5.91 Å². The van der Waals surface area contributed by atoms with Gasteiger partial charge in [-0.25, -0.2) is 28.1 Å². The molecule has 0 aliphatic rings. The number of carbonyl (C=O) groups excluding carboxylic acids is 1. The van der Waals surface area contributed by atoms with Gasteiger partial charge >= 0.3 is 0 Å². The van der Waals surface area contributed by atoms with Gasteiger partial charge in [0.05, 0.1) is 16.7 Å². The first kappa shape index (κ1) is 20.6. The Hall–Kier alpha value is -3.63. The molecular weight excluding hydrogens is 440 g/mol. The molecule has 0 aliphatic heterocycles. The molecule has 0 saturated heterocycles. The third kappa shape index (κ3) is 4.60. The summed E-state index contributed by atoms with van der Waals surface area (Å²) >= 11 is 5.99. The zero-order chi connectivity index (χ0) is 22.0. The van der Waals surface area contributed by atoms with E-state index in [1.165, 1.54) is 41.6 Å². The van der Waals surface area contributed by atoms with Gasteiger partial charge in [-0.15, -0.1) is 0 Å². The van der Waals surface area contributed by atoms with Crippen molar-refractivity contribution in [1.29, 1.82) is 0 Å². The molecule has 4 aromatic rings. The van der Waals surface area contributed by atoms with Crippen molar-refractivity contribution in [3.8, 4) is 16.9 Å². The number of rotatable bonds is 5. The van der Waals surface area contributed by atoms with Crippen molar-refractivity contribution in [1.82, 2.24) is 24.7 Å². The number of carbonyl (C=O) groups is 1. The van der Waals surface area contributed by atoms with Crippen molar-refractivity contribution in [2.24, 2.45) is 0 Å². The van der Waals surface area contributed by atoms with E-state index < -0.39 is 15.7 Å². The molecule has 31 heavy (non-hydrogen) atoms. The predicted molar refractivity (Wildman–Crippen MR) is 115 cm³/mol. The molecule has 0 saturated carbocycles. The summed E-state index contributed by atoms with van der Waals surface area (Å²) in [4.78, 5) is 25.1. The highest BCUT2D eigenvalue weighted by Crippen LogP contribution is 2.25. The van der Waals surface area contributed by atoms with Crippen molar-refractivity contribution in [3.63, 3.8) is 0 Å². The van der Waals surface area contributed by atoms with E-state index >= 15 is 0 Å². The zero-order valence-electron chi connectivity index (χ0n) is 16.1. The quantitative estimate of drug-likeness (QED) is 0.492. The van der Waals surface area contributed by atoms with Crippen molar-refractivity contribution in [2.75, 3.05) is 11.6 Å². The zero-order valence-corrected chi connectivity index (χ0v) is 17.7. The van der Waals surface area contributed by atoms with E-state index in [9.17, 15) is 13.2 Å². The minimum atomic E-state index is -3.48. The topological polar surface area (TPSA) is 120 Å². The number of hydrogen-bond donors (Lipinski definition) is 1. The summed E-state index contributed by atoms with van der Waals surface area (Å²) in [6.45, 7) is 0. The number of nitrogens with one attached hydrogen (secondary N) is 1. The Kier molecular flexibility index (Phi) is 5.49. The Balaban J connectivity index is 1.63. The number of hydrogen-bond acceptors (Lipinski definition) is 7. The van der Waals surface area contributed by atoms with Crippen LogP contribution in [-0.2, 0) is 9.84 Å². The molecule has 4 rings (SSSR count). The summed E-state index contributed by atoms with van der Waals surface area (Å²) in [7, 11) is -3.48. The number of anilines is 1. The van der Waals surface area contributed by atoms with E-state index in [2.05, 4.69) is 25.4 Å². The van der Waals surface area contributed by atoms with Gasteiger partial charge < -0.3 is 5.32 Å². The Bertz CT molecular complexity index is 1370. The molecule has 156 valence electrons. The maximum atomic E-state index is 12.7. The van der Waals surface area contributed by atoms with Crippen molar-refractivity contribution in [2.45, 2.75) is 4.90 Å². The van der Waals surface area contributed by atoms with Crippen LogP contribution in [0, 0.1) is 0 Å². The molecule has 0 bridgehead atoms. The molecule has 1 amide bonds. The number of pyridine rings is 1. The van der Waals surface area contributed by atoms with Crippen LogP contribution in [0.5, 0.6) is 0 Å². The maximum Gasteiger partial charge on any atom is 0.258 e. The van der Waals surface area contributed by atoms with Crippen molar-refractivity contribution >= 4 is 33.0 Å². The molecule has 0 spiro atoms. The highest BCUT2D eigenvalue weighted by molar-refractivity contribution is 7.90. The highest BCUT2D eigenvalue weighted by atomic mass is 35.5. The Morgan fingerprint density at radius 3 is 2.65 bits per heavy atom. The molecule has 0 aliphatic carbocycles. The van der Waals surface area contributed by atoms with Gasteiger partial charge in [-0.1, -0.05) is 11.6 Å². The first-order chi connectivity index (χ1) is 14.8. The molecule has 11 heteroatoms. The van der Waals surface area contributed by atoms with Gasteiger partial charge in [-0.05, 0) is 30.3 Å². The van der Waals surface area contributed by atoms with Crippen LogP contribution < -0.4 is 5.32 Å². The van der Waals surface area contributed by atoms with E-state index in [1.54, 1.807) is 24.7 Å². The number of sulfone groups is 1. The molecule has 1 N–H and O–H groups in total. The van der Waals surface area contributed by atoms with Crippen LogP contribution in [0.2, 0.25) is 5.02 Å². The Morgan fingerprint density at radius 2 is 1.90 bits per heavy atom. The average molecular weight is 455 g/mol. The van der Waals surface area contributed by atoms with Gasteiger partial charge in [-0.2, -0.15) is 5.10 Å². The molecule has 9 nitrogen and oxygen atoms in total. The smallest absolute Gasteiger partial charge is 0.258 e.